The van der Waals surface area contributed by atoms with E-state index in [2.05, 4.69) is 55.8 Å². The van der Waals surface area contributed by atoms with Gasteiger partial charge < -0.3 is 24.9 Å². The zero-order chi connectivity index (χ0) is 34.9. The lowest BCUT2D eigenvalue weighted by atomic mass is 9.92. The van der Waals surface area contributed by atoms with Gasteiger partial charge in [-0.05, 0) is 62.6 Å². The van der Waals surface area contributed by atoms with Crippen LogP contribution in [0, 0.1) is 11.2 Å². The Balaban J connectivity index is 0.00000486. The highest BCUT2D eigenvalue weighted by Gasteiger charge is 2.44. The maximum atomic E-state index is 15.7. The lowest BCUT2D eigenvalue weighted by molar-refractivity contribution is -0.137. The van der Waals surface area contributed by atoms with Crippen LogP contribution >= 0.6 is 11.8 Å². The van der Waals surface area contributed by atoms with Gasteiger partial charge >= 0.3 is 6.03 Å². The molecular weight excluding hydrogens is 640 g/mol. The summed E-state index contributed by atoms with van der Waals surface area (Å²) in [6.07, 6.45) is 3.13. The van der Waals surface area contributed by atoms with Gasteiger partial charge in [-0.25, -0.2) is 9.18 Å². The van der Waals surface area contributed by atoms with E-state index in [0.29, 0.717) is 50.7 Å². The summed E-state index contributed by atoms with van der Waals surface area (Å²) in [6, 6.07) is 13.6. The lowest BCUT2D eigenvalue weighted by Crippen LogP contribution is -2.50. The van der Waals surface area contributed by atoms with Crippen molar-refractivity contribution in [3.63, 3.8) is 0 Å². The average molecular weight is 695 g/mol. The topological polar surface area (TPSA) is 79.4 Å². The number of carbonyl (C=O) groups is 3. The molecule has 0 aromatic heterocycles. The molecule has 3 fully saturated rings. The van der Waals surface area contributed by atoms with E-state index >= 15 is 4.39 Å². The Morgan fingerprint density at radius 3 is 2.39 bits per heavy atom. The van der Waals surface area contributed by atoms with E-state index in [1.807, 2.05) is 39.0 Å². The van der Waals surface area contributed by atoms with Crippen LogP contribution in [0.2, 0.25) is 0 Å². The Labute approximate surface area is 297 Å². The highest BCUT2D eigenvalue weighted by atomic mass is 32.2. The van der Waals surface area contributed by atoms with Gasteiger partial charge in [-0.15, -0.1) is 11.8 Å². The van der Waals surface area contributed by atoms with Gasteiger partial charge in [0.25, 0.3) is 0 Å². The number of hydrogen-bond donors (Lipinski definition) is 1. The molecule has 0 radical (unpaired) electrons. The van der Waals surface area contributed by atoms with E-state index in [1.165, 1.54) is 17.8 Å². The third kappa shape index (κ3) is 8.03. The summed E-state index contributed by atoms with van der Waals surface area (Å²) in [5.74, 6) is -0.329. The van der Waals surface area contributed by atoms with Crippen LogP contribution in [0.3, 0.4) is 0 Å². The molecule has 9 nitrogen and oxygen atoms in total. The Morgan fingerprint density at radius 2 is 1.69 bits per heavy atom. The van der Waals surface area contributed by atoms with Crippen LogP contribution in [0.1, 0.15) is 78.2 Å². The molecule has 0 saturated carbocycles. The second kappa shape index (κ2) is 14.9. The molecule has 0 bridgehead atoms. The smallest absolute Gasteiger partial charge is 0.322 e. The summed E-state index contributed by atoms with van der Waals surface area (Å²) in [6.45, 7) is 16.4. The van der Waals surface area contributed by atoms with Crippen LogP contribution in [0.15, 0.2) is 42.5 Å². The Morgan fingerprint density at radius 1 is 0.980 bits per heavy atom. The summed E-state index contributed by atoms with van der Waals surface area (Å²) in [5, 5.41) is 2.17. The zero-order valence-electron chi connectivity index (χ0n) is 29.8. The third-order valence-corrected chi connectivity index (χ3v) is 12.1. The predicted octanol–water partition coefficient (Wildman–Crippen LogP) is 6.45. The van der Waals surface area contributed by atoms with Crippen LogP contribution in [0.5, 0.6) is 0 Å². The molecule has 4 amide bonds. The summed E-state index contributed by atoms with van der Waals surface area (Å²) < 4.78 is 15.7. The SMILES string of the molecule is CC(C)N1CCN(c2c(F)cccc2C2SC(CC(=O)N3CCC(N4CCc5ccccc5NC4=O)CC3)C(=O)N2CCC(C)(C)C)CC1.[HH]. The summed E-state index contributed by atoms with van der Waals surface area (Å²) in [4.78, 5) is 51.2. The lowest BCUT2D eigenvalue weighted by Gasteiger charge is -2.40. The molecule has 2 unspecified atom stereocenters. The monoisotopic (exact) mass is 694 g/mol. The van der Waals surface area contributed by atoms with Crippen molar-refractivity contribution in [2.45, 2.75) is 89.4 Å². The molecule has 0 spiro atoms. The van der Waals surface area contributed by atoms with Crippen molar-refractivity contribution in [1.82, 2.24) is 19.6 Å². The first-order valence-electron chi connectivity index (χ1n) is 18.1. The molecule has 1 N–H and O–H groups in total. The maximum Gasteiger partial charge on any atom is 0.322 e. The van der Waals surface area contributed by atoms with Crippen LogP contribution < -0.4 is 10.2 Å². The standard InChI is InChI=1S/C38H53FN6O3S.H2/c1-26(2)41-21-23-43(24-22-41)34-29(10-8-11-30(34)39)36-45(20-16-38(3,4)5)35(47)32(49-36)25-33(46)42-17-14-28(15-18-42)44-19-13-27-9-6-7-12-31(27)40-37(44)48;/h6-12,26,28,32,36H,13-25H2,1-5H3,(H,40,48);1H. The number of amides is 4. The van der Waals surface area contributed by atoms with E-state index < -0.39 is 5.25 Å². The first-order chi connectivity index (χ1) is 23.4. The highest BCUT2D eigenvalue weighted by molar-refractivity contribution is 8.01. The van der Waals surface area contributed by atoms with Gasteiger partial charge in [0.2, 0.25) is 11.8 Å². The summed E-state index contributed by atoms with van der Waals surface area (Å²) in [7, 11) is 0. The van der Waals surface area contributed by atoms with Gasteiger partial charge in [0, 0.05) is 83.5 Å². The summed E-state index contributed by atoms with van der Waals surface area (Å²) >= 11 is 1.50. The number of thioether (sulfide) groups is 1. The van der Waals surface area contributed by atoms with E-state index in [9.17, 15) is 14.4 Å². The summed E-state index contributed by atoms with van der Waals surface area (Å²) in [5.41, 5.74) is 3.43. The van der Waals surface area contributed by atoms with Gasteiger partial charge in [-0.2, -0.15) is 0 Å². The van der Waals surface area contributed by atoms with Gasteiger partial charge in [0.1, 0.15) is 11.2 Å². The maximum absolute atomic E-state index is 15.7. The molecule has 0 aliphatic carbocycles. The number of likely N-dealkylation sites (tertiary alicyclic amines) is 1. The molecule has 6 rings (SSSR count). The number of urea groups is 1. The fourth-order valence-corrected chi connectivity index (χ4v) is 9.12. The van der Waals surface area contributed by atoms with Crippen molar-refractivity contribution in [2.24, 2.45) is 5.41 Å². The molecule has 2 atom stereocenters. The van der Waals surface area contributed by atoms with Gasteiger partial charge in [0.05, 0.1) is 10.9 Å². The number of anilines is 2. The fourth-order valence-electron chi connectivity index (χ4n) is 7.63. The molecular formula is C38H55FN6O3S. The van der Waals surface area contributed by atoms with Crippen molar-refractivity contribution < 1.29 is 20.2 Å². The zero-order valence-corrected chi connectivity index (χ0v) is 30.6. The minimum Gasteiger partial charge on any atom is -0.366 e. The third-order valence-electron chi connectivity index (χ3n) is 10.6. The Hall–Kier alpha value is -3.31. The minimum atomic E-state index is -0.529. The number of halogens is 1. The minimum absolute atomic E-state index is 0. The van der Waals surface area contributed by atoms with Crippen molar-refractivity contribution in [1.29, 1.82) is 0 Å². The molecule has 268 valence electrons. The number of fused-ring (bicyclic) bond motifs is 1. The van der Waals surface area contributed by atoms with Crippen LogP contribution in [-0.4, -0.2) is 107 Å². The quantitative estimate of drug-likeness (QED) is 0.342. The van der Waals surface area contributed by atoms with E-state index in [0.717, 1.165) is 55.8 Å². The molecule has 11 heteroatoms. The number of benzene rings is 2. The number of carbonyl (C=O) groups excluding carboxylic acids is 3. The van der Waals surface area contributed by atoms with Crippen molar-refractivity contribution in [2.75, 3.05) is 62.6 Å². The largest absolute Gasteiger partial charge is 0.366 e. The fraction of sp³-hybridized carbons (Fsp3) is 0.605. The number of piperazine rings is 1. The highest BCUT2D eigenvalue weighted by Crippen LogP contribution is 2.48. The number of para-hydroxylation sites is 2. The van der Waals surface area contributed by atoms with Crippen LogP contribution in [0.4, 0.5) is 20.6 Å². The number of piperidine rings is 1. The molecule has 2 aromatic rings. The second-order valence-corrected chi connectivity index (χ2v) is 16.7. The molecule has 4 aliphatic heterocycles. The van der Waals surface area contributed by atoms with E-state index in [4.69, 9.17) is 0 Å². The number of hydrogen-bond acceptors (Lipinski definition) is 6. The average Bonchev–Trinajstić information content (AvgIpc) is 3.27. The van der Waals surface area contributed by atoms with Gasteiger partial charge in [-0.3, -0.25) is 14.5 Å². The number of nitrogens with zero attached hydrogens (tertiary/aromatic N) is 5. The molecule has 4 aliphatic rings. The molecule has 4 heterocycles. The Kier molecular flexibility index (Phi) is 10.8. The van der Waals surface area contributed by atoms with E-state index in [1.54, 1.807) is 6.07 Å². The molecule has 49 heavy (non-hydrogen) atoms. The first kappa shape index (κ1) is 35.5. The number of rotatable bonds is 8. The molecule has 3 saturated heterocycles. The van der Waals surface area contributed by atoms with Crippen LogP contribution in [0.25, 0.3) is 0 Å². The number of nitrogens with one attached hydrogen (secondary N) is 1. The van der Waals surface area contributed by atoms with Crippen molar-refractivity contribution in [3.05, 3.63) is 59.4 Å². The van der Waals surface area contributed by atoms with Crippen molar-refractivity contribution in [3.8, 4) is 0 Å². The van der Waals surface area contributed by atoms with Crippen LogP contribution in [-0.2, 0) is 16.0 Å². The molecule has 2 aromatic carbocycles. The van der Waals surface area contributed by atoms with Gasteiger partial charge in [0.15, 0.2) is 0 Å². The van der Waals surface area contributed by atoms with Crippen molar-refractivity contribution >= 4 is 41.0 Å². The Bertz CT molecular complexity index is 1520. The first-order valence-corrected chi connectivity index (χ1v) is 19.0. The predicted molar refractivity (Wildman–Crippen MR) is 197 cm³/mol. The normalized spacial score (nSPS) is 22.8. The van der Waals surface area contributed by atoms with E-state index in [-0.39, 0.29) is 48.3 Å². The van der Waals surface area contributed by atoms with Gasteiger partial charge in [-0.1, -0.05) is 51.1 Å². The second-order valence-electron chi connectivity index (χ2n) is 15.5.